The third-order valence-corrected chi connectivity index (χ3v) is 3.77. The molecule has 2 nitrogen and oxygen atoms in total. The quantitative estimate of drug-likeness (QED) is 0.739. The molecule has 1 saturated heterocycles. The van der Waals surface area contributed by atoms with Crippen molar-refractivity contribution in [2.75, 3.05) is 13.1 Å². The van der Waals surface area contributed by atoms with Crippen LogP contribution in [0.3, 0.4) is 0 Å². The first-order chi connectivity index (χ1) is 8.20. The van der Waals surface area contributed by atoms with Crippen molar-refractivity contribution in [3.05, 3.63) is 35.4 Å². The Kier molecular flexibility index (Phi) is 4.06. The number of likely N-dealkylation sites (tertiary alicyclic amines) is 1. The lowest BCUT2D eigenvalue weighted by molar-refractivity contribution is -0.131. The van der Waals surface area contributed by atoms with Crippen LogP contribution in [0.15, 0.2) is 24.3 Å². The van der Waals surface area contributed by atoms with Crippen LogP contribution in [0, 0.1) is 6.92 Å². The van der Waals surface area contributed by atoms with E-state index in [1.807, 2.05) is 36.1 Å². The maximum absolute atomic E-state index is 12.2. The highest BCUT2D eigenvalue weighted by Crippen LogP contribution is 2.27. The molecule has 1 aromatic carbocycles. The van der Waals surface area contributed by atoms with Gasteiger partial charge in [0.15, 0.2) is 0 Å². The molecule has 17 heavy (non-hydrogen) atoms. The summed E-state index contributed by atoms with van der Waals surface area (Å²) in [6, 6.07) is 7.83. The lowest BCUT2D eigenvalue weighted by Gasteiger charge is -2.29. The number of carbonyl (C=O) groups is 1. The molecule has 92 valence electrons. The highest BCUT2D eigenvalue weighted by Gasteiger charge is 2.25. The zero-order chi connectivity index (χ0) is 12.3. The highest BCUT2D eigenvalue weighted by atomic mass is 35.5. The molecule has 0 spiro atoms. The summed E-state index contributed by atoms with van der Waals surface area (Å²) in [6.07, 6.45) is 3.42. The number of halogens is 1. The molecule has 1 aromatic rings. The molecule has 1 aliphatic heterocycles. The second-order valence-corrected chi connectivity index (χ2v) is 5.04. The summed E-state index contributed by atoms with van der Waals surface area (Å²) >= 11 is 6.30. The average molecular weight is 252 g/mol. The molecule has 0 aliphatic carbocycles. The Morgan fingerprint density at radius 2 is 1.88 bits per heavy atom. The fourth-order valence-corrected chi connectivity index (χ4v) is 2.66. The Morgan fingerprint density at radius 1 is 1.24 bits per heavy atom. The first-order valence-electron chi connectivity index (χ1n) is 6.18. The van der Waals surface area contributed by atoms with Crippen LogP contribution < -0.4 is 0 Å². The molecule has 0 bridgehead atoms. The van der Waals surface area contributed by atoms with Gasteiger partial charge in [-0.05, 0) is 37.3 Å². The highest BCUT2D eigenvalue weighted by molar-refractivity contribution is 6.30. The summed E-state index contributed by atoms with van der Waals surface area (Å²) in [4.78, 5) is 14.1. The van der Waals surface area contributed by atoms with E-state index in [0.717, 1.165) is 37.1 Å². The monoisotopic (exact) mass is 251 g/mol. The SMILES string of the molecule is Cc1ccccc1C(Cl)C(=O)N1CCCCC1. The van der Waals surface area contributed by atoms with Crippen molar-refractivity contribution in [2.24, 2.45) is 0 Å². The predicted molar refractivity (Wildman–Crippen MR) is 70.2 cm³/mol. The minimum atomic E-state index is -0.533. The van der Waals surface area contributed by atoms with E-state index in [1.165, 1.54) is 6.42 Å². The molecule has 3 heteroatoms. The van der Waals surface area contributed by atoms with E-state index in [1.54, 1.807) is 0 Å². The van der Waals surface area contributed by atoms with E-state index < -0.39 is 5.38 Å². The Hall–Kier alpha value is -1.02. The molecule has 1 heterocycles. The predicted octanol–water partition coefficient (Wildman–Crippen LogP) is 3.29. The fraction of sp³-hybridized carbons (Fsp3) is 0.500. The van der Waals surface area contributed by atoms with E-state index in [-0.39, 0.29) is 5.91 Å². The van der Waals surface area contributed by atoms with Gasteiger partial charge in [0.05, 0.1) is 0 Å². The average Bonchev–Trinajstić information content (AvgIpc) is 2.39. The van der Waals surface area contributed by atoms with Crippen LogP contribution in [0.1, 0.15) is 35.8 Å². The number of rotatable bonds is 2. The van der Waals surface area contributed by atoms with E-state index in [2.05, 4.69) is 0 Å². The first-order valence-corrected chi connectivity index (χ1v) is 6.62. The molecule has 0 N–H and O–H groups in total. The van der Waals surface area contributed by atoms with E-state index in [9.17, 15) is 4.79 Å². The number of aryl methyl sites for hydroxylation is 1. The van der Waals surface area contributed by atoms with Gasteiger partial charge in [-0.15, -0.1) is 11.6 Å². The molecule has 1 atom stereocenters. The molecule has 0 radical (unpaired) electrons. The van der Waals surface area contributed by atoms with Crippen molar-refractivity contribution in [1.82, 2.24) is 4.90 Å². The Bertz CT molecular complexity index is 399. The number of carbonyl (C=O) groups excluding carboxylic acids is 1. The van der Waals surface area contributed by atoms with Crippen molar-refractivity contribution in [1.29, 1.82) is 0 Å². The summed E-state index contributed by atoms with van der Waals surface area (Å²) in [5.41, 5.74) is 2.02. The summed E-state index contributed by atoms with van der Waals surface area (Å²) < 4.78 is 0. The fourth-order valence-electron chi connectivity index (χ4n) is 2.28. The van der Waals surface area contributed by atoms with E-state index in [4.69, 9.17) is 11.6 Å². The number of nitrogens with zero attached hydrogens (tertiary/aromatic N) is 1. The van der Waals surface area contributed by atoms with Crippen LogP contribution in [0.2, 0.25) is 0 Å². The van der Waals surface area contributed by atoms with Crippen LogP contribution in [0.5, 0.6) is 0 Å². The van der Waals surface area contributed by atoms with Crippen molar-refractivity contribution in [2.45, 2.75) is 31.6 Å². The van der Waals surface area contributed by atoms with E-state index >= 15 is 0 Å². The standard InChI is InChI=1S/C14H18ClNO/c1-11-7-3-4-8-12(11)13(15)14(17)16-9-5-2-6-10-16/h3-4,7-8,13H,2,5-6,9-10H2,1H3. The van der Waals surface area contributed by atoms with Crippen LogP contribution in [0.25, 0.3) is 0 Å². The van der Waals surface area contributed by atoms with Crippen molar-refractivity contribution < 1.29 is 4.79 Å². The van der Waals surface area contributed by atoms with Gasteiger partial charge in [-0.1, -0.05) is 24.3 Å². The number of alkyl halides is 1. The van der Waals surface area contributed by atoms with E-state index in [0.29, 0.717) is 0 Å². The van der Waals surface area contributed by atoms with Gasteiger partial charge in [0.1, 0.15) is 5.38 Å². The summed E-state index contributed by atoms with van der Waals surface area (Å²) in [5.74, 6) is 0.0562. The smallest absolute Gasteiger partial charge is 0.245 e. The minimum absolute atomic E-state index is 0.0562. The van der Waals surface area contributed by atoms with Crippen molar-refractivity contribution in [3.63, 3.8) is 0 Å². The number of benzene rings is 1. The normalized spacial score (nSPS) is 17.9. The van der Waals surface area contributed by atoms with Gasteiger partial charge in [-0.2, -0.15) is 0 Å². The summed E-state index contributed by atoms with van der Waals surface area (Å²) in [6.45, 7) is 3.70. The lowest BCUT2D eigenvalue weighted by Crippen LogP contribution is -2.37. The second kappa shape index (κ2) is 5.54. The molecule has 1 fully saturated rings. The third-order valence-electron chi connectivity index (χ3n) is 3.35. The van der Waals surface area contributed by atoms with Gasteiger partial charge in [-0.3, -0.25) is 4.79 Å². The second-order valence-electron chi connectivity index (χ2n) is 4.61. The number of amides is 1. The Balaban J connectivity index is 2.11. The van der Waals surface area contributed by atoms with Crippen LogP contribution in [-0.4, -0.2) is 23.9 Å². The topological polar surface area (TPSA) is 20.3 Å². The molecule has 0 aromatic heterocycles. The van der Waals surface area contributed by atoms with Gasteiger partial charge in [0.25, 0.3) is 0 Å². The molecule has 0 saturated carbocycles. The van der Waals surface area contributed by atoms with Crippen LogP contribution in [-0.2, 0) is 4.79 Å². The number of piperidine rings is 1. The van der Waals surface area contributed by atoms with Gasteiger partial charge in [0.2, 0.25) is 5.91 Å². The Labute approximate surface area is 108 Å². The van der Waals surface area contributed by atoms with Gasteiger partial charge in [-0.25, -0.2) is 0 Å². The number of hydrogen-bond acceptors (Lipinski definition) is 1. The number of hydrogen-bond donors (Lipinski definition) is 0. The van der Waals surface area contributed by atoms with Crippen molar-refractivity contribution >= 4 is 17.5 Å². The van der Waals surface area contributed by atoms with Crippen LogP contribution in [0.4, 0.5) is 0 Å². The maximum Gasteiger partial charge on any atom is 0.245 e. The molecule has 1 unspecified atom stereocenters. The molecule has 2 rings (SSSR count). The Morgan fingerprint density at radius 3 is 2.53 bits per heavy atom. The molecule has 1 amide bonds. The summed E-state index contributed by atoms with van der Waals surface area (Å²) in [5, 5.41) is -0.533. The van der Waals surface area contributed by atoms with Gasteiger partial charge in [0, 0.05) is 13.1 Å². The lowest BCUT2D eigenvalue weighted by atomic mass is 10.0. The van der Waals surface area contributed by atoms with Crippen molar-refractivity contribution in [3.8, 4) is 0 Å². The largest absolute Gasteiger partial charge is 0.341 e. The van der Waals surface area contributed by atoms with Crippen LogP contribution >= 0.6 is 11.6 Å². The first kappa shape index (κ1) is 12.4. The zero-order valence-electron chi connectivity index (χ0n) is 10.2. The van der Waals surface area contributed by atoms with Gasteiger partial charge >= 0.3 is 0 Å². The molecular formula is C14H18ClNO. The zero-order valence-corrected chi connectivity index (χ0v) is 10.9. The molecule has 1 aliphatic rings. The summed E-state index contributed by atoms with van der Waals surface area (Å²) in [7, 11) is 0. The third kappa shape index (κ3) is 2.81. The molecular weight excluding hydrogens is 234 g/mol. The van der Waals surface area contributed by atoms with Gasteiger partial charge < -0.3 is 4.90 Å². The maximum atomic E-state index is 12.2. The minimum Gasteiger partial charge on any atom is -0.341 e.